The van der Waals surface area contributed by atoms with Crippen LogP contribution in [0, 0.1) is 5.92 Å². The number of aromatic nitrogens is 3. The third-order valence-electron chi connectivity index (χ3n) is 4.22. The summed E-state index contributed by atoms with van der Waals surface area (Å²) in [5.41, 5.74) is 1.33. The van der Waals surface area contributed by atoms with E-state index >= 15 is 0 Å². The number of sulfonamides is 1. The number of carboxylic acids is 1. The Bertz CT molecular complexity index is 1010. The Hall–Kier alpha value is -3.00. The molecule has 0 fully saturated rings. The maximum absolute atomic E-state index is 12.1. The average Bonchev–Trinajstić information content (AvgIpc) is 3.03. The van der Waals surface area contributed by atoms with Crippen molar-refractivity contribution < 1.29 is 36.3 Å². The van der Waals surface area contributed by atoms with Gasteiger partial charge in [0, 0.05) is 44.1 Å². The van der Waals surface area contributed by atoms with Gasteiger partial charge in [0.25, 0.3) is 5.91 Å². The number of fused-ring (bicyclic) bond motifs is 1. The number of hydrogen-bond donors (Lipinski definition) is 2. The number of halogens is 3. The summed E-state index contributed by atoms with van der Waals surface area (Å²) in [6.45, 7) is 1.56. The van der Waals surface area contributed by atoms with Crippen molar-refractivity contribution in [3.8, 4) is 0 Å². The maximum atomic E-state index is 12.1. The summed E-state index contributed by atoms with van der Waals surface area (Å²) in [4.78, 5) is 25.0. The molecule has 1 aliphatic heterocycles. The van der Waals surface area contributed by atoms with Crippen LogP contribution in [0.2, 0.25) is 0 Å². The highest BCUT2D eigenvalue weighted by Crippen LogP contribution is 2.18. The van der Waals surface area contributed by atoms with Crippen LogP contribution in [-0.2, 0) is 27.9 Å². The minimum atomic E-state index is -5.08. The Kier molecular flexibility index (Phi) is 7.73. The minimum Gasteiger partial charge on any atom is -0.475 e. The van der Waals surface area contributed by atoms with Crippen LogP contribution < -0.4 is 5.32 Å². The van der Waals surface area contributed by atoms with E-state index < -0.39 is 22.2 Å². The topological polar surface area (TPSA) is 134 Å². The molecule has 0 aliphatic carbocycles. The second kappa shape index (κ2) is 9.87. The van der Waals surface area contributed by atoms with E-state index in [1.165, 1.54) is 16.8 Å². The molecule has 2 N–H and O–H groups in total. The van der Waals surface area contributed by atoms with Crippen LogP contribution in [0.15, 0.2) is 36.8 Å². The number of carbonyl (C=O) groups excluding carboxylic acids is 1. The smallest absolute Gasteiger partial charge is 0.475 e. The fourth-order valence-electron chi connectivity index (χ4n) is 2.71. The first-order valence-electron chi connectivity index (χ1n) is 8.82. The van der Waals surface area contributed by atoms with Crippen molar-refractivity contribution in [2.24, 2.45) is 5.92 Å². The van der Waals surface area contributed by atoms with Crippen molar-refractivity contribution in [1.82, 2.24) is 24.4 Å². The molecular formula is C17H20F3N5O5S. The summed E-state index contributed by atoms with van der Waals surface area (Å²) < 4.78 is 58.9. The highest BCUT2D eigenvalue weighted by atomic mass is 32.2. The molecule has 1 unspecified atom stereocenters. The number of rotatable bonds is 4. The Morgan fingerprint density at radius 1 is 1.26 bits per heavy atom. The zero-order chi connectivity index (χ0) is 23.2. The first-order valence-corrected chi connectivity index (χ1v) is 10.7. The lowest BCUT2D eigenvalue weighted by molar-refractivity contribution is -0.192. The molecule has 0 bridgehead atoms. The van der Waals surface area contributed by atoms with Crippen molar-refractivity contribution in [1.29, 1.82) is 0 Å². The Labute approximate surface area is 175 Å². The van der Waals surface area contributed by atoms with Crippen LogP contribution in [0.1, 0.15) is 16.1 Å². The lowest BCUT2D eigenvalue weighted by Gasteiger charge is -2.22. The SMILES string of the molecule is CS(=O)(=O)N1Cc2ccnn2CC(CNC(=O)c2cccnc2)C1.O=C(O)C(F)(F)F. The van der Waals surface area contributed by atoms with Gasteiger partial charge in [-0.1, -0.05) is 0 Å². The number of alkyl halides is 3. The van der Waals surface area contributed by atoms with E-state index in [9.17, 15) is 26.4 Å². The summed E-state index contributed by atoms with van der Waals surface area (Å²) >= 11 is 0. The van der Waals surface area contributed by atoms with Gasteiger partial charge in [-0.05, 0) is 18.2 Å². The van der Waals surface area contributed by atoms with Crippen LogP contribution in [-0.4, -0.2) is 70.0 Å². The number of nitrogens with one attached hydrogen (secondary N) is 1. The standard InChI is InChI=1S/C15H19N5O3S.C2HF3O2/c1-24(22,23)19-9-12(10-20-14(11-19)4-6-18-20)7-17-15(21)13-3-2-5-16-8-13;3-2(4,5)1(6)7/h2-6,8,12H,7,9-11H2,1H3,(H,17,21);(H,6,7). The highest BCUT2D eigenvalue weighted by Gasteiger charge is 2.38. The number of carbonyl (C=O) groups is 2. The molecule has 3 heterocycles. The van der Waals surface area contributed by atoms with E-state index in [1.54, 1.807) is 29.2 Å². The van der Waals surface area contributed by atoms with E-state index in [1.807, 2.05) is 6.07 Å². The maximum Gasteiger partial charge on any atom is 0.490 e. The average molecular weight is 463 g/mol. The molecule has 31 heavy (non-hydrogen) atoms. The summed E-state index contributed by atoms with van der Waals surface area (Å²) in [6.07, 6.45) is 0.874. The first-order chi connectivity index (χ1) is 14.4. The largest absolute Gasteiger partial charge is 0.490 e. The van der Waals surface area contributed by atoms with Gasteiger partial charge in [-0.15, -0.1) is 0 Å². The third kappa shape index (κ3) is 7.32. The number of pyridine rings is 1. The van der Waals surface area contributed by atoms with Gasteiger partial charge in [-0.25, -0.2) is 13.2 Å². The molecule has 3 rings (SSSR count). The monoisotopic (exact) mass is 463 g/mol. The molecule has 1 aliphatic rings. The Balaban J connectivity index is 0.000000423. The second-order valence-corrected chi connectivity index (χ2v) is 8.66. The molecule has 14 heteroatoms. The summed E-state index contributed by atoms with van der Waals surface area (Å²) in [5, 5.41) is 14.2. The van der Waals surface area contributed by atoms with Crippen molar-refractivity contribution >= 4 is 21.9 Å². The van der Waals surface area contributed by atoms with Gasteiger partial charge in [0.05, 0.1) is 24.1 Å². The number of amides is 1. The number of nitrogens with zero attached hydrogens (tertiary/aromatic N) is 4. The summed E-state index contributed by atoms with van der Waals surface area (Å²) in [5.74, 6) is -3.05. The van der Waals surface area contributed by atoms with E-state index in [0.717, 1.165) is 5.69 Å². The molecule has 0 saturated carbocycles. The van der Waals surface area contributed by atoms with Crippen LogP contribution in [0.3, 0.4) is 0 Å². The zero-order valence-corrected chi connectivity index (χ0v) is 17.1. The molecule has 2 aromatic rings. The van der Waals surface area contributed by atoms with Crippen molar-refractivity contribution in [2.45, 2.75) is 19.3 Å². The van der Waals surface area contributed by atoms with Crippen LogP contribution >= 0.6 is 0 Å². The normalized spacial score (nSPS) is 17.0. The lowest BCUT2D eigenvalue weighted by Crippen LogP contribution is -2.38. The minimum absolute atomic E-state index is 0.0681. The van der Waals surface area contributed by atoms with Crippen molar-refractivity contribution in [3.05, 3.63) is 48.0 Å². The molecule has 0 aromatic carbocycles. The Morgan fingerprint density at radius 2 is 1.94 bits per heavy atom. The fourth-order valence-corrected chi connectivity index (χ4v) is 3.56. The van der Waals surface area contributed by atoms with Gasteiger partial charge in [0.1, 0.15) is 0 Å². The van der Waals surface area contributed by atoms with Crippen LogP contribution in [0.4, 0.5) is 13.2 Å². The molecular weight excluding hydrogens is 443 g/mol. The molecule has 2 aromatic heterocycles. The van der Waals surface area contributed by atoms with Crippen molar-refractivity contribution in [3.63, 3.8) is 0 Å². The number of hydrogen-bond acceptors (Lipinski definition) is 6. The van der Waals surface area contributed by atoms with Crippen LogP contribution in [0.5, 0.6) is 0 Å². The molecule has 10 nitrogen and oxygen atoms in total. The summed E-state index contributed by atoms with van der Waals surface area (Å²) in [6, 6.07) is 5.20. The molecule has 0 saturated heterocycles. The highest BCUT2D eigenvalue weighted by molar-refractivity contribution is 7.88. The van der Waals surface area contributed by atoms with Gasteiger partial charge in [-0.3, -0.25) is 14.5 Å². The zero-order valence-electron chi connectivity index (χ0n) is 16.3. The van der Waals surface area contributed by atoms with E-state index in [2.05, 4.69) is 15.4 Å². The number of carboxylic acid groups (broad SMARTS) is 1. The third-order valence-corrected chi connectivity index (χ3v) is 5.44. The van der Waals surface area contributed by atoms with Gasteiger partial charge in [0.15, 0.2) is 0 Å². The predicted octanol–water partition coefficient (Wildman–Crippen LogP) is 0.733. The quantitative estimate of drug-likeness (QED) is 0.683. The molecule has 170 valence electrons. The first kappa shape index (κ1) is 24.3. The molecule has 0 radical (unpaired) electrons. The molecule has 1 atom stereocenters. The fraction of sp³-hybridized carbons (Fsp3) is 0.412. The van der Waals surface area contributed by atoms with Crippen LogP contribution in [0.25, 0.3) is 0 Å². The predicted molar refractivity (Wildman–Crippen MR) is 101 cm³/mol. The van der Waals surface area contributed by atoms with Gasteiger partial charge >= 0.3 is 12.1 Å². The van der Waals surface area contributed by atoms with E-state index in [0.29, 0.717) is 31.7 Å². The Morgan fingerprint density at radius 3 is 2.48 bits per heavy atom. The summed E-state index contributed by atoms with van der Waals surface area (Å²) in [7, 11) is -3.32. The van der Waals surface area contributed by atoms with Gasteiger partial charge < -0.3 is 10.4 Å². The van der Waals surface area contributed by atoms with Gasteiger partial charge in [0.2, 0.25) is 10.0 Å². The molecule has 1 amide bonds. The van der Waals surface area contributed by atoms with Gasteiger partial charge in [-0.2, -0.15) is 22.6 Å². The lowest BCUT2D eigenvalue weighted by atomic mass is 10.1. The van der Waals surface area contributed by atoms with Crippen molar-refractivity contribution in [2.75, 3.05) is 19.3 Å². The van der Waals surface area contributed by atoms with E-state index in [-0.39, 0.29) is 11.8 Å². The molecule has 0 spiro atoms. The number of aliphatic carboxylic acids is 1. The van der Waals surface area contributed by atoms with E-state index in [4.69, 9.17) is 9.90 Å². The second-order valence-electron chi connectivity index (χ2n) is 6.68.